The first kappa shape index (κ1) is 12.8. The van der Waals surface area contributed by atoms with Gasteiger partial charge in [-0.05, 0) is 12.8 Å². The van der Waals surface area contributed by atoms with Crippen molar-refractivity contribution in [2.45, 2.75) is 24.8 Å². The standard InChI is InChI=1S/C11H13F2NO4/c1-2-3-18-9(17)14-6-4-10(5-6)7(8(15)16)11(10,12)13/h2,6-7H,1,3-5H2,(H,14,17)(H,15,16). The summed E-state index contributed by atoms with van der Waals surface area (Å²) in [5, 5.41) is 11.1. The number of aliphatic carboxylic acids is 1. The highest BCUT2D eigenvalue weighted by Gasteiger charge is 2.87. The summed E-state index contributed by atoms with van der Waals surface area (Å²) in [6, 6.07) is -0.447. The fourth-order valence-electron chi connectivity index (χ4n) is 2.67. The molecule has 0 aromatic rings. The van der Waals surface area contributed by atoms with Crippen molar-refractivity contribution in [2.24, 2.45) is 11.3 Å². The van der Waals surface area contributed by atoms with Gasteiger partial charge in [0.2, 0.25) is 0 Å². The molecular weight excluding hydrogens is 248 g/mol. The fraction of sp³-hybridized carbons (Fsp3) is 0.636. The average molecular weight is 261 g/mol. The summed E-state index contributed by atoms with van der Waals surface area (Å²) >= 11 is 0. The molecule has 18 heavy (non-hydrogen) atoms. The Morgan fingerprint density at radius 2 is 2.11 bits per heavy atom. The second-order valence-electron chi connectivity index (χ2n) is 4.69. The Balaban J connectivity index is 1.83. The minimum atomic E-state index is -3.16. The van der Waals surface area contributed by atoms with Gasteiger partial charge in [0.05, 0.1) is 5.41 Å². The lowest BCUT2D eigenvalue weighted by Crippen LogP contribution is -2.48. The maximum absolute atomic E-state index is 13.3. The molecule has 7 heteroatoms. The number of amides is 1. The van der Waals surface area contributed by atoms with Crippen molar-refractivity contribution in [3.63, 3.8) is 0 Å². The highest BCUT2D eigenvalue weighted by molar-refractivity contribution is 5.78. The Morgan fingerprint density at radius 1 is 1.50 bits per heavy atom. The summed E-state index contributed by atoms with van der Waals surface area (Å²) in [6.07, 6.45) is 0.628. The summed E-state index contributed by atoms with van der Waals surface area (Å²) in [6.45, 7) is 3.40. The molecule has 0 aromatic carbocycles. The third-order valence-electron chi connectivity index (χ3n) is 3.62. The maximum atomic E-state index is 13.3. The predicted octanol–water partition coefficient (Wildman–Crippen LogP) is 1.40. The second-order valence-corrected chi connectivity index (χ2v) is 4.69. The van der Waals surface area contributed by atoms with Gasteiger partial charge >= 0.3 is 12.1 Å². The summed E-state index contributed by atoms with van der Waals surface area (Å²) in [4.78, 5) is 21.8. The lowest BCUT2D eigenvalue weighted by Gasteiger charge is -2.36. The van der Waals surface area contributed by atoms with Crippen molar-refractivity contribution in [1.29, 1.82) is 0 Å². The molecule has 2 aliphatic rings. The van der Waals surface area contributed by atoms with Gasteiger partial charge in [-0.15, -0.1) is 0 Å². The minimum Gasteiger partial charge on any atom is -0.481 e. The molecule has 0 aliphatic heterocycles. The largest absolute Gasteiger partial charge is 0.481 e. The normalized spacial score (nSPS) is 35.4. The van der Waals surface area contributed by atoms with Gasteiger partial charge in [-0.25, -0.2) is 13.6 Å². The second kappa shape index (κ2) is 3.93. The first-order valence-electron chi connectivity index (χ1n) is 5.50. The van der Waals surface area contributed by atoms with Crippen LogP contribution in [0.15, 0.2) is 12.7 Å². The van der Waals surface area contributed by atoms with Gasteiger partial charge in [-0.3, -0.25) is 4.79 Å². The zero-order chi connectivity index (χ0) is 13.6. The average Bonchev–Trinajstić information content (AvgIpc) is 2.72. The first-order chi connectivity index (χ1) is 8.35. The van der Waals surface area contributed by atoms with E-state index in [2.05, 4.69) is 16.6 Å². The number of ether oxygens (including phenoxy) is 1. The molecule has 2 rings (SSSR count). The number of halogens is 2. The van der Waals surface area contributed by atoms with Gasteiger partial charge in [-0.1, -0.05) is 12.7 Å². The van der Waals surface area contributed by atoms with Crippen LogP contribution in [0.5, 0.6) is 0 Å². The molecule has 5 nitrogen and oxygen atoms in total. The van der Waals surface area contributed by atoms with Crippen molar-refractivity contribution >= 4 is 12.1 Å². The van der Waals surface area contributed by atoms with E-state index >= 15 is 0 Å². The van der Waals surface area contributed by atoms with Crippen LogP contribution in [0.3, 0.4) is 0 Å². The minimum absolute atomic E-state index is 0.0276. The predicted molar refractivity (Wildman–Crippen MR) is 56.2 cm³/mol. The van der Waals surface area contributed by atoms with Crippen LogP contribution in [0.1, 0.15) is 12.8 Å². The van der Waals surface area contributed by atoms with Gasteiger partial charge in [0.25, 0.3) is 5.92 Å². The summed E-state index contributed by atoms with van der Waals surface area (Å²) in [7, 11) is 0. The molecule has 2 fully saturated rings. The van der Waals surface area contributed by atoms with E-state index in [1.165, 1.54) is 6.08 Å². The third kappa shape index (κ3) is 1.65. The Hall–Kier alpha value is -1.66. The van der Waals surface area contributed by atoms with Crippen LogP contribution in [0.2, 0.25) is 0 Å². The molecule has 0 radical (unpaired) electrons. The van der Waals surface area contributed by atoms with E-state index in [1.807, 2.05) is 0 Å². The lowest BCUT2D eigenvalue weighted by atomic mass is 9.74. The molecule has 2 aliphatic carbocycles. The van der Waals surface area contributed by atoms with E-state index in [4.69, 9.17) is 5.11 Å². The zero-order valence-electron chi connectivity index (χ0n) is 9.49. The van der Waals surface area contributed by atoms with Gasteiger partial charge in [-0.2, -0.15) is 0 Å². The number of alkyl carbamates (subject to hydrolysis) is 1. The molecule has 0 bridgehead atoms. The van der Waals surface area contributed by atoms with Crippen LogP contribution >= 0.6 is 0 Å². The number of alkyl halides is 2. The molecule has 0 aromatic heterocycles. The van der Waals surface area contributed by atoms with Crippen molar-refractivity contribution in [2.75, 3.05) is 6.61 Å². The number of carboxylic acid groups (broad SMARTS) is 1. The molecule has 0 saturated heterocycles. The van der Waals surface area contributed by atoms with E-state index in [9.17, 15) is 18.4 Å². The van der Waals surface area contributed by atoms with Gasteiger partial charge in [0, 0.05) is 6.04 Å². The monoisotopic (exact) mass is 261 g/mol. The van der Waals surface area contributed by atoms with Crippen LogP contribution in [0, 0.1) is 11.3 Å². The smallest absolute Gasteiger partial charge is 0.407 e. The van der Waals surface area contributed by atoms with Crippen molar-refractivity contribution in [3.05, 3.63) is 12.7 Å². The van der Waals surface area contributed by atoms with Crippen LogP contribution in [0.25, 0.3) is 0 Å². The molecular formula is C11H13F2NO4. The quantitative estimate of drug-likeness (QED) is 0.750. The highest BCUT2D eigenvalue weighted by atomic mass is 19.3. The van der Waals surface area contributed by atoms with E-state index in [0.29, 0.717) is 0 Å². The van der Waals surface area contributed by atoms with E-state index in [0.717, 1.165) is 0 Å². The van der Waals surface area contributed by atoms with Crippen molar-refractivity contribution in [1.82, 2.24) is 5.32 Å². The number of carbonyl (C=O) groups excluding carboxylic acids is 1. The number of hydrogen-bond donors (Lipinski definition) is 2. The van der Waals surface area contributed by atoms with Gasteiger partial charge < -0.3 is 15.2 Å². The summed E-state index contributed by atoms with van der Waals surface area (Å²) < 4.78 is 31.3. The van der Waals surface area contributed by atoms with Gasteiger partial charge in [0.1, 0.15) is 12.5 Å². The molecule has 1 unspecified atom stereocenters. The number of rotatable bonds is 4. The molecule has 1 atom stereocenters. The lowest BCUT2D eigenvalue weighted by molar-refractivity contribution is -0.141. The topological polar surface area (TPSA) is 75.6 Å². The van der Waals surface area contributed by atoms with E-state index in [1.54, 1.807) is 0 Å². The Morgan fingerprint density at radius 3 is 2.56 bits per heavy atom. The molecule has 1 spiro atoms. The Bertz CT molecular complexity index is 404. The molecule has 2 N–H and O–H groups in total. The van der Waals surface area contributed by atoms with Crippen LogP contribution < -0.4 is 5.32 Å². The van der Waals surface area contributed by atoms with E-state index < -0.39 is 35.4 Å². The summed E-state index contributed by atoms with van der Waals surface area (Å²) in [5.41, 5.74) is -1.46. The van der Waals surface area contributed by atoms with Crippen LogP contribution in [-0.4, -0.2) is 35.7 Å². The highest BCUT2D eigenvalue weighted by Crippen LogP contribution is 2.75. The number of hydrogen-bond acceptors (Lipinski definition) is 3. The first-order valence-corrected chi connectivity index (χ1v) is 5.50. The van der Waals surface area contributed by atoms with Crippen LogP contribution in [0.4, 0.5) is 13.6 Å². The number of carboxylic acids is 1. The third-order valence-corrected chi connectivity index (χ3v) is 3.62. The van der Waals surface area contributed by atoms with Crippen LogP contribution in [-0.2, 0) is 9.53 Å². The zero-order valence-corrected chi connectivity index (χ0v) is 9.49. The fourth-order valence-corrected chi connectivity index (χ4v) is 2.67. The SMILES string of the molecule is C=CCOC(=O)NC1CC2(C1)C(C(=O)O)C2(F)F. The molecule has 2 saturated carbocycles. The number of carbonyl (C=O) groups is 2. The molecule has 100 valence electrons. The Kier molecular flexibility index (Phi) is 2.79. The van der Waals surface area contributed by atoms with E-state index in [-0.39, 0.29) is 19.4 Å². The maximum Gasteiger partial charge on any atom is 0.407 e. The van der Waals surface area contributed by atoms with Crippen molar-refractivity contribution < 1.29 is 28.2 Å². The molecule has 1 amide bonds. The molecule has 0 heterocycles. The van der Waals surface area contributed by atoms with Crippen molar-refractivity contribution in [3.8, 4) is 0 Å². The number of nitrogens with one attached hydrogen (secondary N) is 1. The van der Waals surface area contributed by atoms with Gasteiger partial charge in [0.15, 0.2) is 0 Å². The summed E-state index contributed by atoms with van der Waals surface area (Å²) in [5.74, 6) is -6.26. The Labute approximate surface area is 102 Å².